The largest absolute Gasteiger partial charge is 0.341 e. The van der Waals surface area contributed by atoms with Crippen molar-refractivity contribution in [2.45, 2.75) is 17.7 Å². The Morgan fingerprint density at radius 1 is 1.08 bits per heavy atom. The molecule has 2 aromatic rings. The van der Waals surface area contributed by atoms with Crippen LogP contribution in [0.5, 0.6) is 0 Å². The highest BCUT2D eigenvalue weighted by atomic mass is 32.2. The SMILES string of the molecule is O=[N+]([O-])c1ccc(S(=O)(=O)Nc2cnc(N3CCCC3)nc2)cc1. The Kier molecular flexibility index (Phi) is 4.30. The maximum absolute atomic E-state index is 12.3. The molecule has 0 radical (unpaired) electrons. The molecule has 1 aliphatic rings. The fourth-order valence-electron chi connectivity index (χ4n) is 2.42. The molecular formula is C14H15N5O4S. The van der Waals surface area contributed by atoms with Gasteiger partial charge in [-0.15, -0.1) is 0 Å². The topological polar surface area (TPSA) is 118 Å². The van der Waals surface area contributed by atoms with Crippen molar-refractivity contribution in [1.82, 2.24) is 9.97 Å². The molecule has 0 aliphatic carbocycles. The van der Waals surface area contributed by atoms with Gasteiger partial charge in [0.15, 0.2) is 0 Å². The lowest BCUT2D eigenvalue weighted by Gasteiger charge is -2.15. The number of nitro benzene ring substituents is 1. The third kappa shape index (κ3) is 3.43. The molecule has 0 saturated carbocycles. The predicted octanol–water partition coefficient (Wildman–Crippen LogP) is 1.79. The molecule has 10 heteroatoms. The van der Waals surface area contributed by atoms with Crippen molar-refractivity contribution in [1.29, 1.82) is 0 Å². The van der Waals surface area contributed by atoms with Crippen molar-refractivity contribution in [2.75, 3.05) is 22.7 Å². The van der Waals surface area contributed by atoms with Crippen LogP contribution in [0, 0.1) is 10.1 Å². The first kappa shape index (κ1) is 16.1. The highest BCUT2D eigenvalue weighted by Crippen LogP contribution is 2.20. The number of hydrogen-bond donors (Lipinski definition) is 1. The Labute approximate surface area is 138 Å². The van der Waals surface area contributed by atoms with E-state index < -0.39 is 14.9 Å². The number of benzene rings is 1. The standard InChI is InChI=1S/C14H15N5O4S/c20-19(21)12-3-5-13(6-4-12)24(22,23)17-11-9-15-14(16-10-11)18-7-1-2-8-18/h3-6,9-10,17H,1-2,7-8H2. The summed E-state index contributed by atoms with van der Waals surface area (Å²) in [5.41, 5.74) is 0.0588. The summed E-state index contributed by atoms with van der Waals surface area (Å²) in [4.78, 5) is 20.3. The van der Waals surface area contributed by atoms with Crippen molar-refractivity contribution in [3.05, 3.63) is 46.8 Å². The van der Waals surface area contributed by atoms with E-state index in [0.29, 0.717) is 5.95 Å². The second-order valence-electron chi connectivity index (χ2n) is 5.32. The lowest BCUT2D eigenvalue weighted by atomic mass is 10.3. The Morgan fingerprint density at radius 2 is 1.67 bits per heavy atom. The fraction of sp³-hybridized carbons (Fsp3) is 0.286. The number of hydrogen-bond acceptors (Lipinski definition) is 7. The van der Waals surface area contributed by atoms with Gasteiger partial charge in [0.1, 0.15) is 0 Å². The number of anilines is 2. The smallest absolute Gasteiger partial charge is 0.269 e. The van der Waals surface area contributed by atoms with E-state index in [2.05, 4.69) is 14.7 Å². The van der Waals surface area contributed by atoms with Gasteiger partial charge in [0.25, 0.3) is 15.7 Å². The first-order chi connectivity index (χ1) is 11.5. The highest BCUT2D eigenvalue weighted by Gasteiger charge is 2.18. The van der Waals surface area contributed by atoms with Crippen LogP contribution in [0.2, 0.25) is 0 Å². The molecule has 1 aromatic carbocycles. The average molecular weight is 349 g/mol. The van der Waals surface area contributed by atoms with E-state index in [1.807, 2.05) is 4.90 Å². The second kappa shape index (κ2) is 6.40. The predicted molar refractivity (Wildman–Crippen MR) is 87.4 cm³/mol. The number of nitrogens with one attached hydrogen (secondary N) is 1. The monoisotopic (exact) mass is 349 g/mol. The van der Waals surface area contributed by atoms with Gasteiger partial charge in [0, 0.05) is 25.2 Å². The normalized spacial score (nSPS) is 14.6. The van der Waals surface area contributed by atoms with Crippen LogP contribution in [0.15, 0.2) is 41.6 Å². The van der Waals surface area contributed by atoms with Gasteiger partial charge >= 0.3 is 0 Å². The van der Waals surface area contributed by atoms with Crippen molar-refractivity contribution in [3.63, 3.8) is 0 Å². The van der Waals surface area contributed by atoms with Crippen LogP contribution in [0.25, 0.3) is 0 Å². The first-order valence-corrected chi connectivity index (χ1v) is 8.78. The number of non-ortho nitro benzene ring substituents is 1. The molecule has 0 unspecified atom stereocenters. The molecular weight excluding hydrogens is 334 g/mol. The zero-order valence-corrected chi connectivity index (χ0v) is 13.4. The Morgan fingerprint density at radius 3 is 2.21 bits per heavy atom. The zero-order chi connectivity index (χ0) is 17.2. The summed E-state index contributed by atoms with van der Waals surface area (Å²) in [6, 6.07) is 4.64. The minimum Gasteiger partial charge on any atom is -0.341 e. The Bertz CT molecular complexity index is 830. The van der Waals surface area contributed by atoms with E-state index >= 15 is 0 Å². The summed E-state index contributed by atoms with van der Waals surface area (Å²) >= 11 is 0. The van der Waals surface area contributed by atoms with Gasteiger partial charge in [0.2, 0.25) is 5.95 Å². The first-order valence-electron chi connectivity index (χ1n) is 7.30. The molecule has 126 valence electrons. The number of sulfonamides is 1. The van der Waals surface area contributed by atoms with E-state index in [9.17, 15) is 18.5 Å². The third-order valence-electron chi connectivity index (χ3n) is 3.64. The zero-order valence-electron chi connectivity index (χ0n) is 12.6. The number of nitro groups is 1. The van der Waals surface area contributed by atoms with Crippen LogP contribution >= 0.6 is 0 Å². The number of rotatable bonds is 5. The number of aromatic nitrogens is 2. The maximum Gasteiger partial charge on any atom is 0.269 e. The van der Waals surface area contributed by atoms with Crippen molar-refractivity contribution in [2.24, 2.45) is 0 Å². The minimum atomic E-state index is -3.85. The molecule has 3 rings (SSSR count). The van der Waals surface area contributed by atoms with Gasteiger partial charge in [-0.25, -0.2) is 18.4 Å². The summed E-state index contributed by atoms with van der Waals surface area (Å²) in [6.07, 6.45) is 5.00. The minimum absolute atomic E-state index is 0.0725. The summed E-state index contributed by atoms with van der Waals surface area (Å²) in [5, 5.41) is 10.6. The molecule has 2 heterocycles. The van der Waals surface area contributed by atoms with Gasteiger partial charge in [-0.1, -0.05) is 0 Å². The van der Waals surface area contributed by atoms with E-state index in [0.717, 1.165) is 38.1 Å². The molecule has 0 atom stereocenters. The Balaban J connectivity index is 1.75. The maximum atomic E-state index is 12.3. The van der Waals surface area contributed by atoms with Crippen LogP contribution in [0.1, 0.15) is 12.8 Å². The third-order valence-corrected chi connectivity index (χ3v) is 5.03. The lowest BCUT2D eigenvalue weighted by molar-refractivity contribution is -0.384. The summed E-state index contributed by atoms with van der Waals surface area (Å²) in [7, 11) is -3.85. The average Bonchev–Trinajstić information content (AvgIpc) is 3.10. The van der Waals surface area contributed by atoms with Crippen LogP contribution in [0.3, 0.4) is 0 Å². The fourth-order valence-corrected chi connectivity index (χ4v) is 3.44. The van der Waals surface area contributed by atoms with Gasteiger partial charge in [-0.05, 0) is 25.0 Å². The highest BCUT2D eigenvalue weighted by molar-refractivity contribution is 7.92. The van der Waals surface area contributed by atoms with Gasteiger partial charge in [-0.2, -0.15) is 0 Å². The lowest BCUT2D eigenvalue weighted by Crippen LogP contribution is -2.20. The Hall–Kier alpha value is -2.75. The molecule has 1 fully saturated rings. The van der Waals surface area contributed by atoms with E-state index in [4.69, 9.17) is 0 Å². The van der Waals surface area contributed by atoms with E-state index in [1.54, 1.807) is 0 Å². The van der Waals surface area contributed by atoms with Crippen LogP contribution < -0.4 is 9.62 Å². The summed E-state index contributed by atoms with van der Waals surface area (Å²) in [5.74, 6) is 0.575. The van der Waals surface area contributed by atoms with Crippen molar-refractivity contribution >= 4 is 27.3 Å². The van der Waals surface area contributed by atoms with Crippen molar-refractivity contribution in [3.8, 4) is 0 Å². The molecule has 24 heavy (non-hydrogen) atoms. The molecule has 0 amide bonds. The van der Waals surface area contributed by atoms with E-state index in [1.165, 1.54) is 24.5 Å². The second-order valence-corrected chi connectivity index (χ2v) is 7.00. The quantitative estimate of drug-likeness (QED) is 0.645. The molecule has 1 saturated heterocycles. The van der Waals surface area contributed by atoms with E-state index in [-0.39, 0.29) is 16.3 Å². The van der Waals surface area contributed by atoms with Crippen LogP contribution in [-0.4, -0.2) is 36.4 Å². The number of nitrogens with zero attached hydrogens (tertiary/aromatic N) is 4. The molecule has 1 aromatic heterocycles. The molecule has 9 nitrogen and oxygen atoms in total. The van der Waals surface area contributed by atoms with Crippen LogP contribution in [0.4, 0.5) is 17.3 Å². The van der Waals surface area contributed by atoms with Gasteiger partial charge in [0.05, 0.1) is 27.9 Å². The summed E-state index contributed by atoms with van der Waals surface area (Å²) < 4.78 is 26.9. The molecule has 1 N–H and O–H groups in total. The molecule has 1 aliphatic heterocycles. The van der Waals surface area contributed by atoms with Gasteiger partial charge < -0.3 is 4.90 Å². The summed E-state index contributed by atoms with van der Waals surface area (Å²) in [6.45, 7) is 1.79. The molecule has 0 spiro atoms. The molecule has 0 bridgehead atoms. The van der Waals surface area contributed by atoms with Crippen LogP contribution in [-0.2, 0) is 10.0 Å². The van der Waals surface area contributed by atoms with Gasteiger partial charge in [-0.3, -0.25) is 14.8 Å². The van der Waals surface area contributed by atoms with Crippen molar-refractivity contribution < 1.29 is 13.3 Å².